The average molecular weight is 324 g/mol. The first-order chi connectivity index (χ1) is 11.7. The summed E-state index contributed by atoms with van der Waals surface area (Å²) in [6, 6.07) is 10.0. The van der Waals surface area contributed by atoms with Crippen molar-refractivity contribution >= 4 is 11.9 Å². The van der Waals surface area contributed by atoms with Gasteiger partial charge in [-0.2, -0.15) is 0 Å². The van der Waals surface area contributed by atoms with Crippen LogP contribution in [-0.2, 0) is 6.54 Å². The molecular formula is C19H24N4O. The van der Waals surface area contributed by atoms with E-state index >= 15 is 0 Å². The molecular weight excluding hydrogens is 300 g/mol. The number of rotatable bonds is 4. The fourth-order valence-electron chi connectivity index (χ4n) is 2.89. The van der Waals surface area contributed by atoms with Crippen molar-refractivity contribution in [1.82, 2.24) is 14.9 Å². The van der Waals surface area contributed by atoms with Crippen LogP contribution in [0.5, 0.6) is 0 Å². The number of carbonyl (C=O) groups is 1. The molecule has 5 nitrogen and oxygen atoms in total. The van der Waals surface area contributed by atoms with Gasteiger partial charge in [0.25, 0.3) is 5.91 Å². The molecule has 1 amide bonds. The van der Waals surface area contributed by atoms with Crippen LogP contribution in [0.25, 0.3) is 0 Å². The lowest BCUT2D eigenvalue weighted by molar-refractivity contribution is 0.0755. The van der Waals surface area contributed by atoms with Crippen LogP contribution in [-0.4, -0.2) is 33.9 Å². The zero-order valence-electron chi connectivity index (χ0n) is 14.2. The van der Waals surface area contributed by atoms with E-state index in [-0.39, 0.29) is 5.91 Å². The number of aromatic nitrogens is 2. The minimum Gasteiger partial charge on any atom is -0.350 e. The van der Waals surface area contributed by atoms with Crippen LogP contribution < -0.4 is 5.32 Å². The van der Waals surface area contributed by atoms with Crippen LogP contribution in [0.4, 0.5) is 5.95 Å². The number of hydrogen-bond donors (Lipinski definition) is 1. The van der Waals surface area contributed by atoms with E-state index in [1.54, 1.807) is 12.3 Å². The molecule has 1 N–H and O–H groups in total. The van der Waals surface area contributed by atoms with Crippen LogP contribution in [0, 0.1) is 6.92 Å². The molecule has 0 saturated carbocycles. The third kappa shape index (κ3) is 4.31. The topological polar surface area (TPSA) is 58.1 Å². The monoisotopic (exact) mass is 324 g/mol. The molecule has 24 heavy (non-hydrogen) atoms. The van der Waals surface area contributed by atoms with Crippen LogP contribution >= 0.6 is 0 Å². The number of nitrogens with zero attached hydrogens (tertiary/aromatic N) is 3. The van der Waals surface area contributed by atoms with E-state index in [1.807, 2.05) is 4.90 Å². The minimum atomic E-state index is 0.0117. The van der Waals surface area contributed by atoms with E-state index in [2.05, 4.69) is 46.5 Å². The number of anilines is 1. The standard InChI is InChI=1S/C19H24N4O/c1-15-6-8-16(9-7-15)14-21-19-20-11-10-17(22-19)18(24)23-12-4-2-3-5-13-23/h6-11H,2-5,12-14H2,1H3,(H,20,21,22). The summed E-state index contributed by atoms with van der Waals surface area (Å²) >= 11 is 0. The van der Waals surface area contributed by atoms with Gasteiger partial charge < -0.3 is 10.2 Å². The van der Waals surface area contributed by atoms with Crippen LogP contribution in [0.2, 0.25) is 0 Å². The molecule has 2 aromatic rings. The summed E-state index contributed by atoms with van der Waals surface area (Å²) < 4.78 is 0. The molecule has 0 unspecified atom stereocenters. The summed E-state index contributed by atoms with van der Waals surface area (Å²) in [6.07, 6.45) is 6.22. The number of hydrogen-bond acceptors (Lipinski definition) is 4. The molecule has 0 aliphatic carbocycles. The Bertz CT molecular complexity index is 676. The Hall–Kier alpha value is -2.43. The van der Waals surface area contributed by atoms with Gasteiger partial charge in [-0.1, -0.05) is 42.7 Å². The second-order valence-electron chi connectivity index (χ2n) is 6.31. The molecule has 3 rings (SSSR count). The highest BCUT2D eigenvalue weighted by Crippen LogP contribution is 2.13. The van der Waals surface area contributed by atoms with Crippen molar-refractivity contribution in [3.05, 3.63) is 53.3 Å². The van der Waals surface area contributed by atoms with Crippen molar-refractivity contribution in [3.8, 4) is 0 Å². The van der Waals surface area contributed by atoms with E-state index in [0.29, 0.717) is 18.2 Å². The van der Waals surface area contributed by atoms with Crippen molar-refractivity contribution in [2.24, 2.45) is 0 Å². The molecule has 126 valence electrons. The lowest BCUT2D eigenvalue weighted by atomic mass is 10.1. The third-order valence-corrected chi connectivity index (χ3v) is 4.34. The molecule has 0 atom stereocenters. The first kappa shape index (κ1) is 16.4. The number of carbonyl (C=O) groups excluding carboxylic acids is 1. The summed E-state index contributed by atoms with van der Waals surface area (Å²) in [7, 11) is 0. The van der Waals surface area contributed by atoms with Crippen LogP contribution in [0.3, 0.4) is 0 Å². The molecule has 1 fully saturated rings. The van der Waals surface area contributed by atoms with Crippen molar-refractivity contribution in [2.75, 3.05) is 18.4 Å². The van der Waals surface area contributed by atoms with Gasteiger partial charge in [0.1, 0.15) is 5.69 Å². The fourth-order valence-corrected chi connectivity index (χ4v) is 2.89. The molecule has 0 spiro atoms. The molecule has 0 radical (unpaired) electrons. The maximum atomic E-state index is 12.6. The molecule has 1 aliphatic heterocycles. The van der Waals surface area contributed by atoms with E-state index in [9.17, 15) is 4.79 Å². The molecule has 2 heterocycles. The number of likely N-dealkylation sites (tertiary alicyclic amines) is 1. The quantitative estimate of drug-likeness (QED) is 0.936. The Morgan fingerprint density at radius 2 is 1.79 bits per heavy atom. The summed E-state index contributed by atoms with van der Waals surface area (Å²) in [5, 5.41) is 3.20. The Balaban J connectivity index is 1.64. The summed E-state index contributed by atoms with van der Waals surface area (Å²) in [4.78, 5) is 23.2. The van der Waals surface area contributed by atoms with Gasteiger partial charge in [-0.3, -0.25) is 4.79 Å². The zero-order valence-corrected chi connectivity index (χ0v) is 14.2. The number of nitrogens with one attached hydrogen (secondary N) is 1. The van der Waals surface area contributed by atoms with Gasteiger partial charge in [0.2, 0.25) is 5.95 Å². The van der Waals surface area contributed by atoms with Gasteiger partial charge >= 0.3 is 0 Å². The highest BCUT2D eigenvalue weighted by molar-refractivity contribution is 5.92. The van der Waals surface area contributed by atoms with Gasteiger partial charge in [-0.25, -0.2) is 9.97 Å². The molecule has 1 aromatic carbocycles. The first-order valence-electron chi connectivity index (χ1n) is 8.64. The average Bonchev–Trinajstić information content (AvgIpc) is 2.90. The molecule has 0 bridgehead atoms. The summed E-state index contributed by atoms with van der Waals surface area (Å²) in [5.74, 6) is 0.508. The van der Waals surface area contributed by atoms with Crippen LogP contribution in [0.1, 0.15) is 47.3 Å². The molecule has 1 aromatic heterocycles. The largest absolute Gasteiger partial charge is 0.350 e. The van der Waals surface area contributed by atoms with Crippen molar-refractivity contribution in [3.63, 3.8) is 0 Å². The van der Waals surface area contributed by atoms with E-state index in [1.165, 1.54) is 18.4 Å². The SMILES string of the molecule is Cc1ccc(CNc2nccc(C(=O)N3CCCCCC3)n2)cc1. The molecule has 1 aliphatic rings. The fraction of sp³-hybridized carbons (Fsp3) is 0.421. The maximum absolute atomic E-state index is 12.6. The summed E-state index contributed by atoms with van der Waals surface area (Å²) in [6.45, 7) is 4.36. The first-order valence-corrected chi connectivity index (χ1v) is 8.64. The number of amides is 1. The van der Waals surface area contributed by atoms with Gasteiger partial charge in [0.05, 0.1) is 0 Å². The van der Waals surface area contributed by atoms with E-state index in [0.717, 1.165) is 31.5 Å². The van der Waals surface area contributed by atoms with E-state index < -0.39 is 0 Å². The van der Waals surface area contributed by atoms with Crippen molar-refractivity contribution in [2.45, 2.75) is 39.2 Å². The zero-order chi connectivity index (χ0) is 16.8. The highest BCUT2D eigenvalue weighted by Gasteiger charge is 2.18. The van der Waals surface area contributed by atoms with Gasteiger partial charge in [0, 0.05) is 25.8 Å². The van der Waals surface area contributed by atoms with E-state index in [4.69, 9.17) is 0 Å². The third-order valence-electron chi connectivity index (χ3n) is 4.34. The molecule has 5 heteroatoms. The molecule has 1 saturated heterocycles. The minimum absolute atomic E-state index is 0.0117. The normalized spacial score (nSPS) is 15.0. The lowest BCUT2D eigenvalue weighted by Crippen LogP contribution is -2.32. The predicted molar refractivity (Wildman–Crippen MR) is 94.9 cm³/mol. The second-order valence-corrected chi connectivity index (χ2v) is 6.31. The van der Waals surface area contributed by atoms with Crippen molar-refractivity contribution < 1.29 is 4.79 Å². The Kier molecular flexibility index (Phi) is 5.41. The van der Waals surface area contributed by atoms with Gasteiger partial charge in [-0.05, 0) is 31.4 Å². The number of aryl methyl sites for hydroxylation is 1. The second kappa shape index (κ2) is 7.90. The lowest BCUT2D eigenvalue weighted by Gasteiger charge is -2.19. The predicted octanol–water partition coefficient (Wildman–Crippen LogP) is 3.41. The highest BCUT2D eigenvalue weighted by atomic mass is 16.2. The Labute approximate surface area is 143 Å². The summed E-state index contributed by atoms with van der Waals surface area (Å²) in [5.41, 5.74) is 2.87. The maximum Gasteiger partial charge on any atom is 0.272 e. The Morgan fingerprint density at radius 1 is 1.08 bits per heavy atom. The number of benzene rings is 1. The van der Waals surface area contributed by atoms with Crippen molar-refractivity contribution in [1.29, 1.82) is 0 Å². The van der Waals surface area contributed by atoms with Crippen LogP contribution in [0.15, 0.2) is 36.5 Å². The smallest absolute Gasteiger partial charge is 0.272 e. The van der Waals surface area contributed by atoms with Gasteiger partial charge in [-0.15, -0.1) is 0 Å². The Morgan fingerprint density at radius 3 is 2.50 bits per heavy atom. The van der Waals surface area contributed by atoms with Gasteiger partial charge in [0.15, 0.2) is 0 Å².